The van der Waals surface area contributed by atoms with Gasteiger partial charge in [0.1, 0.15) is 17.2 Å². The Labute approximate surface area is 156 Å². The van der Waals surface area contributed by atoms with Gasteiger partial charge in [-0.15, -0.1) is 0 Å². The second kappa shape index (κ2) is 6.74. The second-order valence-electron chi connectivity index (χ2n) is 6.32. The Bertz CT molecular complexity index is 1150. The van der Waals surface area contributed by atoms with E-state index in [1.54, 1.807) is 24.3 Å². The van der Waals surface area contributed by atoms with Gasteiger partial charge in [-0.2, -0.15) is 18.3 Å². The van der Waals surface area contributed by atoms with Crippen molar-refractivity contribution in [1.29, 1.82) is 0 Å². The summed E-state index contributed by atoms with van der Waals surface area (Å²) in [6.07, 6.45) is -4.61. The average Bonchev–Trinajstić information content (AvgIpc) is 2.99. The zero-order chi connectivity index (χ0) is 19.9. The third kappa shape index (κ3) is 3.24. The number of halogens is 5. The van der Waals surface area contributed by atoms with E-state index in [4.69, 9.17) is 0 Å². The fourth-order valence-electron chi connectivity index (χ4n) is 3.22. The molecule has 0 unspecified atom stereocenters. The SMILES string of the molecule is Fc1ccc(-c2c3cccc(C(F)(F)F)c3nn2Cc2ccccc2)c(F)c1. The van der Waals surface area contributed by atoms with Gasteiger partial charge in [0.15, 0.2) is 0 Å². The molecule has 2 nitrogen and oxygen atoms in total. The summed E-state index contributed by atoms with van der Waals surface area (Å²) in [4.78, 5) is 0. The molecule has 0 saturated heterocycles. The van der Waals surface area contributed by atoms with Crippen LogP contribution in [0.4, 0.5) is 22.0 Å². The van der Waals surface area contributed by atoms with Gasteiger partial charge in [-0.3, -0.25) is 4.68 Å². The van der Waals surface area contributed by atoms with Gasteiger partial charge >= 0.3 is 6.18 Å². The molecular formula is C21H13F5N2. The number of hydrogen-bond donors (Lipinski definition) is 0. The maximum atomic E-state index is 14.5. The first-order valence-corrected chi connectivity index (χ1v) is 8.40. The quantitative estimate of drug-likeness (QED) is 0.391. The monoisotopic (exact) mass is 388 g/mol. The van der Waals surface area contributed by atoms with Crippen molar-refractivity contribution in [1.82, 2.24) is 9.78 Å². The third-order valence-electron chi connectivity index (χ3n) is 4.44. The van der Waals surface area contributed by atoms with Gasteiger partial charge in [-0.1, -0.05) is 42.5 Å². The molecule has 0 atom stereocenters. The Morgan fingerprint density at radius 2 is 1.61 bits per heavy atom. The highest BCUT2D eigenvalue weighted by Crippen LogP contribution is 2.38. The Morgan fingerprint density at radius 1 is 0.857 bits per heavy atom. The smallest absolute Gasteiger partial charge is 0.259 e. The van der Waals surface area contributed by atoms with E-state index in [2.05, 4.69) is 5.10 Å². The fourth-order valence-corrected chi connectivity index (χ4v) is 3.22. The number of benzene rings is 3. The molecule has 0 aliphatic carbocycles. The Morgan fingerprint density at radius 3 is 2.29 bits per heavy atom. The van der Waals surface area contributed by atoms with Gasteiger partial charge in [-0.25, -0.2) is 8.78 Å². The minimum Gasteiger partial charge on any atom is -0.259 e. The molecule has 0 saturated carbocycles. The van der Waals surface area contributed by atoms with E-state index in [0.29, 0.717) is 6.07 Å². The van der Waals surface area contributed by atoms with Crippen molar-refractivity contribution in [3.63, 3.8) is 0 Å². The number of aromatic nitrogens is 2. The van der Waals surface area contributed by atoms with Crippen LogP contribution in [0.3, 0.4) is 0 Å². The van der Waals surface area contributed by atoms with Crippen LogP contribution in [0.1, 0.15) is 11.1 Å². The number of nitrogens with zero attached hydrogens (tertiary/aromatic N) is 2. The largest absolute Gasteiger partial charge is 0.418 e. The van der Waals surface area contributed by atoms with Crippen LogP contribution in [-0.2, 0) is 12.7 Å². The minimum atomic E-state index is -4.61. The molecule has 142 valence electrons. The van der Waals surface area contributed by atoms with Crippen molar-refractivity contribution in [3.05, 3.63) is 89.5 Å². The highest BCUT2D eigenvalue weighted by atomic mass is 19.4. The molecule has 0 radical (unpaired) electrons. The van der Waals surface area contributed by atoms with Gasteiger partial charge < -0.3 is 0 Å². The third-order valence-corrected chi connectivity index (χ3v) is 4.44. The van der Waals surface area contributed by atoms with E-state index in [1.165, 1.54) is 22.9 Å². The van der Waals surface area contributed by atoms with Crippen molar-refractivity contribution < 1.29 is 22.0 Å². The van der Waals surface area contributed by atoms with Gasteiger partial charge in [0.05, 0.1) is 17.8 Å². The molecule has 0 bridgehead atoms. The predicted molar refractivity (Wildman–Crippen MR) is 95.6 cm³/mol. The molecule has 3 aromatic carbocycles. The van der Waals surface area contributed by atoms with Gasteiger partial charge in [-0.05, 0) is 23.8 Å². The topological polar surface area (TPSA) is 17.8 Å². The number of alkyl halides is 3. The molecule has 0 N–H and O–H groups in total. The van der Waals surface area contributed by atoms with Crippen LogP contribution in [-0.4, -0.2) is 9.78 Å². The molecule has 1 aromatic heterocycles. The summed E-state index contributed by atoms with van der Waals surface area (Å²) in [5.74, 6) is -1.64. The van der Waals surface area contributed by atoms with Gasteiger partial charge in [0.2, 0.25) is 0 Å². The number of hydrogen-bond acceptors (Lipinski definition) is 1. The van der Waals surface area contributed by atoms with Crippen molar-refractivity contribution >= 4 is 10.9 Å². The summed E-state index contributed by atoms with van der Waals surface area (Å²) in [6.45, 7) is 0.138. The minimum absolute atomic E-state index is 0.0147. The lowest BCUT2D eigenvalue weighted by molar-refractivity contribution is -0.136. The van der Waals surface area contributed by atoms with E-state index < -0.39 is 23.4 Å². The zero-order valence-corrected chi connectivity index (χ0v) is 14.3. The molecule has 4 rings (SSSR count). The summed E-state index contributed by atoms with van der Waals surface area (Å²) < 4.78 is 69.5. The second-order valence-corrected chi connectivity index (χ2v) is 6.32. The molecule has 0 aliphatic rings. The fraction of sp³-hybridized carbons (Fsp3) is 0.0952. The molecule has 4 aromatic rings. The normalized spacial score (nSPS) is 11.9. The van der Waals surface area contributed by atoms with Crippen LogP contribution in [0.15, 0.2) is 66.7 Å². The zero-order valence-electron chi connectivity index (χ0n) is 14.3. The highest BCUT2D eigenvalue weighted by Gasteiger charge is 2.34. The molecule has 1 heterocycles. The molecule has 7 heteroatoms. The summed E-state index contributed by atoms with van der Waals surface area (Å²) in [6, 6.07) is 15.6. The summed E-state index contributed by atoms with van der Waals surface area (Å²) in [7, 11) is 0. The predicted octanol–water partition coefficient (Wildman–Crippen LogP) is 6.05. The Hall–Kier alpha value is -3.22. The number of fused-ring (bicyclic) bond motifs is 1. The molecule has 28 heavy (non-hydrogen) atoms. The summed E-state index contributed by atoms with van der Waals surface area (Å²) >= 11 is 0. The summed E-state index contributed by atoms with van der Waals surface area (Å²) in [5, 5.41) is 4.30. The molecular weight excluding hydrogens is 375 g/mol. The van der Waals surface area contributed by atoms with Gasteiger partial charge in [0, 0.05) is 17.0 Å². The van der Waals surface area contributed by atoms with Crippen molar-refractivity contribution in [2.24, 2.45) is 0 Å². The van der Waals surface area contributed by atoms with Gasteiger partial charge in [0.25, 0.3) is 0 Å². The van der Waals surface area contributed by atoms with Crippen LogP contribution in [0.5, 0.6) is 0 Å². The molecule has 0 aliphatic heterocycles. The Kier molecular flexibility index (Phi) is 4.37. The first-order valence-electron chi connectivity index (χ1n) is 8.40. The van der Waals surface area contributed by atoms with Crippen LogP contribution in [0.2, 0.25) is 0 Å². The van der Waals surface area contributed by atoms with Crippen LogP contribution < -0.4 is 0 Å². The lowest BCUT2D eigenvalue weighted by Gasteiger charge is -2.09. The van der Waals surface area contributed by atoms with Crippen molar-refractivity contribution in [3.8, 4) is 11.3 Å². The van der Waals surface area contributed by atoms with E-state index >= 15 is 0 Å². The van der Waals surface area contributed by atoms with Crippen LogP contribution in [0, 0.1) is 11.6 Å². The van der Waals surface area contributed by atoms with Crippen LogP contribution >= 0.6 is 0 Å². The van der Waals surface area contributed by atoms with E-state index in [1.807, 2.05) is 6.07 Å². The molecule has 0 amide bonds. The first-order chi connectivity index (χ1) is 13.3. The van der Waals surface area contributed by atoms with Crippen molar-refractivity contribution in [2.75, 3.05) is 0 Å². The molecule has 0 spiro atoms. The Balaban J connectivity index is 2.01. The summed E-state index contributed by atoms with van der Waals surface area (Å²) in [5.41, 5.74) is -0.237. The lowest BCUT2D eigenvalue weighted by Crippen LogP contribution is -2.07. The highest BCUT2D eigenvalue weighted by molar-refractivity contribution is 5.95. The van der Waals surface area contributed by atoms with Crippen molar-refractivity contribution in [2.45, 2.75) is 12.7 Å². The number of rotatable bonds is 3. The maximum absolute atomic E-state index is 14.5. The lowest BCUT2D eigenvalue weighted by atomic mass is 10.0. The average molecular weight is 388 g/mol. The van der Waals surface area contributed by atoms with E-state index in [0.717, 1.165) is 17.7 Å². The van der Waals surface area contributed by atoms with E-state index in [-0.39, 0.29) is 28.7 Å². The van der Waals surface area contributed by atoms with E-state index in [9.17, 15) is 22.0 Å². The molecule has 0 fully saturated rings. The first kappa shape index (κ1) is 18.2. The maximum Gasteiger partial charge on any atom is 0.418 e. The standard InChI is InChI=1S/C21H13F5N2/c22-14-9-10-15(18(23)11-14)20-16-7-4-8-17(21(24,25)26)19(16)27-28(20)12-13-5-2-1-3-6-13/h1-11H,12H2. The van der Waals surface area contributed by atoms with Crippen LogP contribution in [0.25, 0.3) is 22.2 Å².